The average Bonchev–Trinajstić information content (AvgIpc) is 3.58. The van der Waals surface area contributed by atoms with Crippen molar-refractivity contribution in [2.45, 2.75) is 30.7 Å². The van der Waals surface area contributed by atoms with Gasteiger partial charge in [0.2, 0.25) is 15.9 Å². The molecule has 0 N–H and O–H groups in total. The molecule has 2 aromatic carbocycles. The van der Waals surface area contributed by atoms with Crippen LogP contribution in [-0.2, 0) is 14.8 Å². The molecule has 36 heavy (non-hydrogen) atoms. The van der Waals surface area contributed by atoms with E-state index in [4.69, 9.17) is 14.5 Å². The van der Waals surface area contributed by atoms with Crippen molar-refractivity contribution in [2.24, 2.45) is 0 Å². The van der Waals surface area contributed by atoms with E-state index in [0.29, 0.717) is 51.3 Å². The monoisotopic (exact) mass is 530 g/mol. The van der Waals surface area contributed by atoms with Gasteiger partial charge in [0.25, 0.3) is 0 Å². The molecule has 9 nitrogen and oxygen atoms in total. The maximum absolute atomic E-state index is 13.5. The summed E-state index contributed by atoms with van der Waals surface area (Å²) in [5.74, 6) is 1.22. The Morgan fingerprint density at radius 3 is 2.39 bits per heavy atom. The third-order valence-electron chi connectivity index (χ3n) is 6.93. The first kappa shape index (κ1) is 24.8. The van der Waals surface area contributed by atoms with Gasteiger partial charge in [-0.15, -0.1) is 0 Å². The SMILES string of the molecule is COc1ccc(S(=O)(=O)N2CCCC2C(=O)N2CCN(c3nc4c(OC)ccc(C)c4s3)CC2)cc1. The third kappa shape index (κ3) is 4.39. The lowest BCUT2D eigenvalue weighted by molar-refractivity contribution is -0.134. The molecule has 1 aromatic heterocycles. The zero-order valence-electron chi connectivity index (χ0n) is 20.6. The fourth-order valence-electron chi connectivity index (χ4n) is 4.89. The number of hydrogen-bond acceptors (Lipinski definition) is 8. The highest BCUT2D eigenvalue weighted by Crippen LogP contribution is 2.37. The highest BCUT2D eigenvalue weighted by Gasteiger charge is 2.41. The molecule has 2 aliphatic rings. The van der Waals surface area contributed by atoms with Crippen molar-refractivity contribution < 1.29 is 22.7 Å². The van der Waals surface area contributed by atoms with Crippen molar-refractivity contribution in [3.05, 3.63) is 42.0 Å². The molecule has 1 atom stereocenters. The Hall–Kier alpha value is -2.89. The number of carbonyl (C=O) groups is 1. The van der Waals surface area contributed by atoms with Crippen LogP contribution in [0.4, 0.5) is 5.13 Å². The van der Waals surface area contributed by atoms with E-state index < -0.39 is 16.1 Å². The van der Waals surface area contributed by atoms with Gasteiger partial charge in [-0.25, -0.2) is 13.4 Å². The predicted molar refractivity (Wildman–Crippen MR) is 140 cm³/mol. The van der Waals surface area contributed by atoms with Crippen LogP contribution in [0, 0.1) is 6.92 Å². The number of aryl methyl sites for hydroxylation is 1. The van der Waals surface area contributed by atoms with E-state index in [1.807, 2.05) is 12.1 Å². The number of rotatable bonds is 6. The summed E-state index contributed by atoms with van der Waals surface area (Å²) in [5, 5.41) is 0.911. The molecule has 0 aliphatic carbocycles. The van der Waals surface area contributed by atoms with Crippen LogP contribution < -0.4 is 14.4 Å². The van der Waals surface area contributed by atoms with Crippen LogP contribution in [0.15, 0.2) is 41.3 Å². The fraction of sp³-hybridized carbons (Fsp3) is 0.440. The van der Waals surface area contributed by atoms with E-state index >= 15 is 0 Å². The number of anilines is 1. The molecule has 0 bridgehead atoms. The number of nitrogens with zero attached hydrogens (tertiary/aromatic N) is 4. The molecule has 192 valence electrons. The Bertz CT molecular complexity index is 1370. The van der Waals surface area contributed by atoms with E-state index in [1.54, 1.807) is 35.5 Å². The number of methoxy groups -OCH3 is 2. The molecule has 1 unspecified atom stereocenters. The first-order valence-electron chi connectivity index (χ1n) is 12.0. The molecule has 3 aromatic rings. The standard InChI is InChI=1S/C25H30N4O5S2/c1-17-6-11-21(34-3)22-23(17)35-25(26-22)28-15-13-27(14-16-28)24(30)20-5-4-12-29(20)36(31,32)19-9-7-18(33-2)8-10-19/h6-11,20H,4-5,12-16H2,1-3H3. The Balaban J connectivity index is 1.28. The largest absolute Gasteiger partial charge is 0.497 e. The van der Waals surface area contributed by atoms with E-state index in [9.17, 15) is 13.2 Å². The van der Waals surface area contributed by atoms with Crippen molar-refractivity contribution in [3.8, 4) is 11.5 Å². The summed E-state index contributed by atoms with van der Waals surface area (Å²) >= 11 is 1.63. The molecule has 5 rings (SSSR count). The summed E-state index contributed by atoms with van der Waals surface area (Å²) < 4.78 is 39.7. The van der Waals surface area contributed by atoms with Gasteiger partial charge in [-0.1, -0.05) is 17.4 Å². The molecule has 0 saturated carbocycles. The van der Waals surface area contributed by atoms with Gasteiger partial charge >= 0.3 is 0 Å². The predicted octanol–water partition coefficient (Wildman–Crippen LogP) is 3.12. The second-order valence-corrected chi connectivity index (χ2v) is 11.9. The summed E-state index contributed by atoms with van der Waals surface area (Å²) in [6.07, 6.45) is 1.20. The molecule has 1 amide bonds. The third-order valence-corrected chi connectivity index (χ3v) is 10.1. The minimum Gasteiger partial charge on any atom is -0.497 e. The van der Waals surface area contributed by atoms with E-state index in [-0.39, 0.29) is 10.8 Å². The highest BCUT2D eigenvalue weighted by atomic mass is 32.2. The van der Waals surface area contributed by atoms with Crippen molar-refractivity contribution in [3.63, 3.8) is 0 Å². The Morgan fingerprint density at radius 1 is 1.00 bits per heavy atom. The Kier molecular flexibility index (Phi) is 6.80. The maximum Gasteiger partial charge on any atom is 0.243 e. The minimum atomic E-state index is -3.78. The van der Waals surface area contributed by atoms with Crippen molar-refractivity contribution in [1.29, 1.82) is 0 Å². The van der Waals surface area contributed by atoms with Crippen molar-refractivity contribution in [1.82, 2.24) is 14.2 Å². The van der Waals surface area contributed by atoms with Crippen molar-refractivity contribution >= 4 is 42.6 Å². The number of ether oxygens (including phenoxy) is 2. The Morgan fingerprint density at radius 2 is 1.72 bits per heavy atom. The van der Waals surface area contributed by atoms with Gasteiger partial charge in [0.1, 0.15) is 23.1 Å². The molecular formula is C25H30N4O5S2. The lowest BCUT2D eigenvalue weighted by Gasteiger charge is -2.37. The second-order valence-electron chi connectivity index (χ2n) is 9.02. The molecule has 2 fully saturated rings. The van der Waals surface area contributed by atoms with Crippen LogP contribution in [0.25, 0.3) is 10.2 Å². The van der Waals surface area contributed by atoms with E-state index in [0.717, 1.165) is 26.7 Å². The number of piperazine rings is 1. The number of sulfonamides is 1. The molecular weight excluding hydrogens is 500 g/mol. The second kappa shape index (κ2) is 9.87. The van der Waals surface area contributed by atoms with Gasteiger partial charge in [-0.3, -0.25) is 4.79 Å². The lowest BCUT2D eigenvalue weighted by atomic mass is 10.2. The van der Waals surface area contributed by atoms with Crippen LogP contribution in [0.2, 0.25) is 0 Å². The lowest BCUT2D eigenvalue weighted by Crippen LogP contribution is -2.54. The van der Waals surface area contributed by atoms with Gasteiger partial charge in [-0.2, -0.15) is 4.31 Å². The first-order valence-corrected chi connectivity index (χ1v) is 14.2. The van der Waals surface area contributed by atoms with Crippen LogP contribution in [0.3, 0.4) is 0 Å². The minimum absolute atomic E-state index is 0.119. The van der Waals surface area contributed by atoms with Crippen molar-refractivity contribution in [2.75, 3.05) is 51.8 Å². The van der Waals surface area contributed by atoms with E-state index in [2.05, 4.69) is 11.8 Å². The summed E-state index contributed by atoms with van der Waals surface area (Å²) in [6, 6.07) is 9.61. The Labute approximate surface area is 215 Å². The van der Waals surface area contributed by atoms with Gasteiger partial charge in [0.15, 0.2) is 5.13 Å². The smallest absolute Gasteiger partial charge is 0.243 e. The topological polar surface area (TPSA) is 92.3 Å². The molecule has 0 radical (unpaired) electrons. The molecule has 2 saturated heterocycles. The maximum atomic E-state index is 13.5. The molecule has 2 aliphatic heterocycles. The number of carbonyl (C=O) groups excluding carboxylic acids is 1. The van der Waals surface area contributed by atoms with E-state index in [1.165, 1.54) is 23.5 Å². The number of aromatic nitrogens is 1. The number of hydrogen-bond donors (Lipinski definition) is 0. The number of fused-ring (bicyclic) bond motifs is 1. The van der Waals surface area contributed by atoms with Crippen LogP contribution in [-0.4, -0.2) is 81.5 Å². The quantitative estimate of drug-likeness (QED) is 0.484. The number of benzene rings is 2. The normalized spacial score (nSPS) is 19.1. The highest BCUT2D eigenvalue weighted by molar-refractivity contribution is 7.89. The molecule has 0 spiro atoms. The number of amides is 1. The summed E-state index contributed by atoms with van der Waals surface area (Å²) in [5.41, 5.74) is 2.02. The summed E-state index contributed by atoms with van der Waals surface area (Å²) in [6.45, 7) is 4.75. The zero-order chi connectivity index (χ0) is 25.4. The fourth-order valence-corrected chi connectivity index (χ4v) is 7.64. The average molecular weight is 531 g/mol. The number of thiazole rings is 1. The van der Waals surface area contributed by atoms with Crippen LogP contribution in [0.5, 0.6) is 11.5 Å². The van der Waals surface area contributed by atoms with Gasteiger partial charge in [0.05, 0.1) is 23.8 Å². The van der Waals surface area contributed by atoms with Gasteiger partial charge < -0.3 is 19.3 Å². The van der Waals surface area contributed by atoms with Crippen LogP contribution in [0.1, 0.15) is 18.4 Å². The van der Waals surface area contributed by atoms with Crippen LogP contribution >= 0.6 is 11.3 Å². The molecule has 11 heteroatoms. The molecule has 3 heterocycles. The zero-order valence-corrected chi connectivity index (χ0v) is 22.3. The first-order chi connectivity index (χ1) is 17.3. The van der Waals surface area contributed by atoms with Gasteiger partial charge in [-0.05, 0) is 55.7 Å². The van der Waals surface area contributed by atoms with Gasteiger partial charge in [0, 0.05) is 32.7 Å². The summed E-state index contributed by atoms with van der Waals surface area (Å²) in [4.78, 5) is 22.4. The summed E-state index contributed by atoms with van der Waals surface area (Å²) in [7, 11) is -0.594.